The number of likely N-dealkylation sites (tertiary alicyclic amines) is 1. The maximum Gasteiger partial charge on any atom is 0.254 e. The number of rotatable bonds is 9. The zero-order chi connectivity index (χ0) is 22.3. The number of amides is 1. The Bertz CT molecular complexity index is 1030. The van der Waals surface area contributed by atoms with Crippen LogP contribution in [-0.4, -0.2) is 47.7 Å². The number of hydrogen-bond acceptors (Lipinski definition) is 7. The standard InChI is InChI=1S/C24H28N4O3S/c1-17-14-19(27-31-17)16-32-24-21(6-5-11-25-24)23(29)26-15-22(28-12-3-4-13-28)18-7-9-20(30-2)10-8-18/h5-11,14,22H,3-4,12-13,15-16H2,1-2H3,(H,26,29). The monoisotopic (exact) mass is 452 g/mol. The molecule has 1 aliphatic heterocycles. The first-order valence-corrected chi connectivity index (χ1v) is 11.8. The Kier molecular flexibility index (Phi) is 7.44. The Hall–Kier alpha value is -2.84. The van der Waals surface area contributed by atoms with E-state index >= 15 is 0 Å². The van der Waals surface area contributed by atoms with Crippen LogP contribution in [0.25, 0.3) is 0 Å². The number of carbonyl (C=O) groups is 1. The molecule has 0 aliphatic carbocycles. The van der Waals surface area contributed by atoms with E-state index in [1.165, 1.54) is 30.2 Å². The second-order valence-corrected chi connectivity index (χ2v) is 8.78. The fourth-order valence-corrected chi connectivity index (χ4v) is 4.80. The van der Waals surface area contributed by atoms with Gasteiger partial charge in [-0.05, 0) is 62.7 Å². The van der Waals surface area contributed by atoms with Crippen molar-refractivity contribution in [2.24, 2.45) is 0 Å². The second kappa shape index (κ2) is 10.7. The summed E-state index contributed by atoms with van der Waals surface area (Å²) in [4.78, 5) is 20.0. The third-order valence-electron chi connectivity index (χ3n) is 5.59. The number of benzene rings is 1. The van der Waals surface area contributed by atoms with Crippen LogP contribution in [0.2, 0.25) is 0 Å². The third-order valence-corrected chi connectivity index (χ3v) is 6.63. The zero-order valence-corrected chi connectivity index (χ0v) is 19.2. The maximum absolute atomic E-state index is 13.1. The largest absolute Gasteiger partial charge is 0.497 e. The van der Waals surface area contributed by atoms with Crippen LogP contribution in [-0.2, 0) is 5.75 Å². The first-order valence-electron chi connectivity index (χ1n) is 10.8. The van der Waals surface area contributed by atoms with Gasteiger partial charge in [-0.15, -0.1) is 0 Å². The van der Waals surface area contributed by atoms with Crippen LogP contribution in [0.3, 0.4) is 0 Å². The summed E-state index contributed by atoms with van der Waals surface area (Å²) in [6, 6.07) is 13.7. The molecule has 1 fully saturated rings. The number of thioether (sulfide) groups is 1. The Morgan fingerprint density at radius 1 is 1.25 bits per heavy atom. The molecular formula is C24H28N4O3S. The van der Waals surface area contributed by atoms with E-state index in [1.807, 2.05) is 31.2 Å². The lowest BCUT2D eigenvalue weighted by Gasteiger charge is -2.28. The number of aryl methyl sites for hydroxylation is 1. The molecule has 1 unspecified atom stereocenters. The topological polar surface area (TPSA) is 80.5 Å². The molecule has 0 saturated carbocycles. The summed E-state index contributed by atoms with van der Waals surface area (Å²) in [6.07, 6.45) is 4.08. The van der Waals surface area contributed by atoms with Crippen LogP contribution in [0.15, 0.2) is 58.2 Å². The van der Waals surface area contributed by atoms with Gasteiger partial charge in [-0.25, -0.2) is 4.98 Å². The number of pyridine rings is 1. The highest BCUT2D eigenvalue weighted by atomic mass is 32.2. The molecule has 0 bridgehead atoms. The minimum absolute atomic E-state index is 0.116. The van der Waals surface area contributed by atoms with E-state index in [0.29, 0.717) is 22.9 Å². The van der Waals surface area contributed by atoms with E-state index in [2.05, 4.69) is 32.5 Å². The molecule has 32 heavy (non-hydrogen) atoms. The maximum atomic E-state index is 13.1. The van der Waals surface area contributed by atoms with E-state index in [0.717, 1.165) is 30.3 Å². The molecule has 1 atom stereocenters. The summed E-state index contributed by atoms with van der Waals surface area (Å²) in [5.41, 5.74) is 2.58. The predicted molar refractivity (Wildman–Crippen MR) is 124 cm³/mol. The van der Waals surface area contributed by atoms with Crippen LogP contribution < -0.4 is 10.1 Å². The van der Waals surface area contributed by atoms with E-state index in [4.69, 9.17) is 9.26 Å². The van der Waals surface area contributed by atoms with Crippen molar-refractivity contribution < 1.29 is 14.1 Å². The molecular weight excluding hydrogens is 424 g/mol. The summed E-state index contributed by atoms with van der Waals surface area (Å²) in [7, 11) is 1.67. The molecule has 1 N–H and O–H groups in total. The van der Waals surface area contributed by atoms with Crippen molar-refractivity contribution in [3.63, 3.8) is 0 Å². The van der Waals surface area contributed by atoms with E-state index < -0.39 is 0 Å². The Morgan fingerprint density at radius 2 is 2.03 bits per heavy atom. The van der Waals surface area contributed by atoms with Gasteiger partial charge in [0.2, 0.25) is 0 Å². The highest BCUT2D eigenvalue weighted by Crippen LogP contribution is 2.27. The van der Waals surface area contributed by atoms with Gasteiger partial charge >= 0.3 is 0 Å². The molecule has 2 aromatic heterocycles. The van der Waals surface area contributed by atoms with Crippen molar-refractivity contribution in [2.75, 3.05) is 26.7 Å². The molecule has 0 spiro atoms. The molecule has 168 valence electrons. The quantitative estimate of drug-likeness (QED) is 0.486. The van der Waals surface area contributed by atoms with Crippen LogP contribution in [0.1, 0.15) is 46.3 Å². The molecule has 0 radical (unpaired) electrons. The van der Waals surface area contributed by atoms with Crippen LogP contribution in [0.5, 0.6) is 5.75 Å². The minimum atomic E-state index is -0.116. The van der Waals surface area contributed by atoms with Gasteiger partial charge in [0, 0.05) is 24.6 Å². The number of methoxy groups -OCH3 is 1. The van der Waals surface area contributed by atoms with Gasteiger partial charge in [-0.2, -0.15) is 0 Å². The van der Waals surface area contributed by atoms with Crippen LogP contribution in [0.4, 0.5) is 0 Å². The zero-order valence-electron chi connectivity index (χ0n) is 18.4. The smallest absolute Gasteiger partial charge is 0.254 e. The molecule has 3 heterocycles. The fourth-order valence-electron chi connectivity index (χ4n) is 3.93. The lowest BCUT2D eigenvalue weighted by atomic mass is 10.0. The van der Waals surface area contributed by atoms with Crippen molar-refractivity contribution in [3.05, 3.63) is 71.2 Å². The first-order chi connectivity index (χ1) is 15.6. The average molecular weight is 453 g/mol. The SMILES string of the molecule is COc1ccc(C(CNC(=O)c2cccnc2SCc2cc(C)on2)N2CCCC2)cc1. The van der Waals surface area contributed by atoms with Crippen LogP contribution in [0, 0.1) is 6.92 Å². The third kappa shape index (κ3) is 5.49. The van der Waals surface area contributed by atoms with Gasteiger partial charge in [0.1, 0.15) is 16.5 Å². The van der Waals surface area contributed by atoms with Gasteiger partial charge < -0.3 is 14.6 Å². The van der Waals surface area contributed by atoms with Gasteiger partial charge in [0.15, 0.2) is 0 Å². The van der Waals surface area contributed by atoms with Crippen molar-refractivity contribution in [1.82, 2.24) is 20.4 Å². The van der Waals surface area contributed by atoms with Crippen molar-refractivity contribution in [2.45, 2.75) is 36.6 Å². The highest BCUT2D eigenvalue weighted by Gasteiger charge is 2.25. The number of nitrogens with one attached hydrogen (secondary N) is 1. The molecule has 1 aromatic carbocycles. The summed E-state index contributed by atoms with van der Waals surface area (Å²) >= 11 is 1.48. The lowest BCUT2D eigenvalue weighted by molar-refractivity contribution is 0.0934. The molecule has 7 nitrogen and oxygen atoms in total. The predicted octanol–water partition coefficient (Wildman–Crippen LogP) is 4.25. The number of carbonyl (C=O) groups excluding carboxylic acids is 1. The molecule has 3 aromatic rings. The molecule has 1 saturated heterocycles. The van der Waals surface area contributed by atoms with E-state index in [9.17, 15) is 4.79 Å². The van der Waals surface area contributed by atoms with Crippen molar-refractivity contribution >= 4 is 17.7 Å². The Labute approximate surface area is 192 Å². The van der Waals surface area contributed by atoms with Gasteiger partial charge in [0.05, 0.1) is 24.4 Å². The fraction of sp³-hybridized carbons (Fsp3) is 0.375. The van der Waals surface area contributed by atoms with E-state index in [-0.39, 0.29) is 11.9 Å². The summed E-state index contributed by atoms with van der Waals surface area (Å²) < 4.78 is 10.4. The first kappa shape index (κ1) is 22.4. The highest BCUT2D eigenvalue weighted by molar-refractivity contribution is 7.98. The summed E-state index contributed by atoms with van der Waals surface area (Å²) in [6.45, 7) is 4.47. The van der Waals surface area contributed by atoms with Gasteiger partial charge in [-0.1, -0.05) is 29.1 Å². The second-order valence-electron chi connectivity index (χ2n) is 7.82. The van der Waals surface area contributed by atoms with Crippen molar-refractivity contribution in [1.29, 1.82) is 0 Å². The number of nitrogens with zero attached hydrogens (tertiary/aromatic N) is 3. The van der Waals surface area contributed by atoms with Gasteiger partial charge in [0.25, 0.3) is 5.91 Å². The van der Waals surface area contributed by atoms with Crippen LogP contribution >= 0.6 is 11.8 Å². The molecule has 4 rings (SSSR count). The Balaban J connectivity index is 1.44. The number of ether oxygens (including phenoxy) is 1. The minimum Gasteiger partial charge on any atom is -0.497 e. The number of aromatic nitrogens is 2. The average Bonchev–Trinajstić information content (AvgIpc) is 3.50. The molecule has 1 aliphatic rings. The normalized spacial score (nSPS) is 14.9. The number of hydrogen-bond donors (Lipinski definition) is 1. The summed E-state index contributed by atoms with van der Waals surface area (Å²) in [5.74, 6) is 2.08. The van der Waals surface area contributed by atoms with E-state index in [1.54, 1.807) is 19.4 Å². The lowest BCUT2D eigenvalue weighted by Crippen LogP contribution is -2.37. The summed E-state index contributed by atoms with van der Waals surface area (Å²) in [5, 5.41) is 7.85. The molecule has 8 heteroatoms. The van der Waals surface area contributed by atoms with Crippen molar-refractivity contribution in [3.8, 4) is 5.75 Å². The Morgan fingerprint density at radius 3 is 2.72 bits per heavy atom. The van der Waals surface area contributed by atoms with Gasteiger partial charge in [-0.3, -0.25) is 9.69 Å². The molecule has 1 amide bonds.